The minimum Gasteiger partial charge on any atom is -0.494 e. The van der Waals surface area contributed by atoms with Crippen LogP contribution in [0, 0.1) is 0 Å². The molecular formula is C21H25F3N2O4. The Hall–Kier alpha value is -2.68. The smallest absolute Gasteiger partial charge is 0.427 e. The first-order valence-electron chi connectivity index (χ1n) is 9.67. The second kappa shape index (κ2) is 11.5. The highest BCUT2D eigenvalue weighted by Gasteiger charge is 2.43. The molecule has 0 saturated heterocycles. The average molecular weight is 426 g/mol. The van der Waals surface area contributed by atoms with E-state index < -0.39 is 24.9 Å². The van der Waals surface area contributed by atoms with Crippen LogP contribution < -0.4 is 4.74 Å². The number of halogens is 3. The SMILES string of the molecule is CCCCCCOc1ccc(-c2ncc(C(=O)OC(COC)C(F)(F)F)cn2)cc1. The van der Waals surface area contributed by atoms with Crippen LogP contribution in [0.25, 0.3) is 11.4 Å². The number of rotatable bonds is 11. The zero-order chi connectivity index (χ0) is 22.0. The van der Waals surface area contributed by atoms with Crippen molar-refractivity contribution in [3.8, 4) is 17.1 Å². The van der Waals surface area contributed by atoms with Gasteiger partial charge in [0.1, 0.15) is 5.75 Å². The van der Waals surface area contributed by atoms with Crippen molar-refractivity contribution in [1.82, 2.24) is 9.97 Å². The largest absolute Gasteiger partial charge is 0.494 e. The van der Waals surface area contributed by atoms with Gasteiger partial charge < -0.3 is 14.2 Å². The number of nitrogens with zero attached hydrogens (tertiary/aromatic N) is 2. The van der Waals surface area contributed by atoms with Gasteiger partial charge in [-0.1, -0.05) is 26.2 Å². The molecule has 2 rings (SSSR count). The van der Waals surface area contributed by atoms with E-state index in [4.69, 9.17) is 4.74 Å². The number of unbranched alkanes of at least 4 members (excludes halogenated alkanes) is 3. The van der Waals surface area contributed by atoms with Gasteiger partial charge in [-0.15, -0.1) is 0 Å². The van der Waals surface area contributed by atoms with E-state index in [9.17, 15) is 18.0 Å². The van der Waals surface area contributed by atoms with Crippen molar-refractivity contribution in [2.24, 2.45) is 0 Å². The molecule has 6 nitrogen and oxygen atoms in total. The second-order valence-electron chi connectivity index (χ2n) is 6.62. The van der Waals surface area contributed by atoms with Gasteiger partial charge in [-0.3, -0.25) is 0 Å². The molecule has 1 aromatic heterocycles. The van der Waals surface area contributed by atoms with Crippen molar-refractivity contribution in [3.63, 3.8) is 0 Å². The molecule has 0 fully saturated rings. The Morgan fingerprint density at radius 2 is 1.73 bits per heavy atom. The van der Waals surface area contributed by atoms with Gasteiger partial charge in [0, 0.05) is 25.1 Å². The number of esters is 1. The summed E-state index contributed by atoms with van der Waals surface area (Å²) in [5.74, 6) is -0.121. The Morgan fingerprint density at radius 3 is 2.30 bits per heavy atom. The van der Waals surface area contributed by atoms with Crippen LogP contribution in [0.2, 0.25) is 0 Å². The lowest BCUT2D eigenvalue weighted by Gasteiger charge is -2.19. The monoisotopic (exact) mass is 426 g/mol. The van der Waals surface area contributed by atoms with Crippen LogP contribution in [0.15, 0.2) is 36.7 Å². The van der Waals surface area contributed by atoms with E-state index in [2.05, 4.69) is 26.4 Å². The fraction of sp³-hybridized carbons (Fsp3) is 0.476. The highest BCUT2D eigenvalue weighted by Crippen LogP contribution is 2.24. The number of carbonyl (C=O) groups excluding carboxylic acids is 1. The molecule has 0 aliphatic heterocycles. The Kier molecular flexibility index (Phi) is 9.04. The molecule has 1 atom stereocenters. The third-order valence-corrected chi connectivity index (χ3v) is 4.20. The molecule has 0 bridgehead atoms. The molecule has 0 radical (unpaired) electrons. The summed E-state index contributed by atoms with van der Waals surface area (Å²) in [6.07, 6.45) is -0.349. The van der Waals surface area contributed by atoms with Crippen molar-refractivity contribution in [1.29, 1.82) is 0 Å². The van der Waals surface area contributed by atoms with Gasteiger partial charge >= 0.3 is 12.1 Å². The summed E-state index contributed by atoms with van der Waals surface area (Å²) in [6.45, 7) is 2.01. The van der Waals surface area contributed by atoms with Crippen molar-refractivity contribution < 1.29 is 32.2 Å². The Bertz CT molecular complexity index is 780. The van der Waals surface area contributed by atoms with Gasteiger partial charge in [-0.2, -0.15) is 13.2 Å². The molecule has 0 saturated carbocycles. The van der Waals surface area contributed by atoms with Crippen LogP contribution in [-0.2, 0) is 9.47 Å². The van der Waals surface area contributed by atoms with Crippen molar-refractivity contribution >= 4 is 5.97 Å². The predicted molar refractivity (Wildman–Crippen MR) is 104 cm³/mol. The summed E-state index contributed by atoms with van der Waals surface area (Å²) in [5.41, 5.74) is 0.497. The average Bonchev–Trinajstić information content (AvgIpc) is 2.73. The zero-order valence-electron chi connectivity index (χ0n) is 16.9. The minimum absolute atomic E-state index is 0.184. The molecule has 0 N–H and O–H groups in total. The quantitative estimate of drug-likeness (QED) is 0.378. The molecule has 2 aromatic rings. The second-order valence-corrected chi connectivity index (χ2v) is 6.62. The number of hydrogen-bond acceptors (Lipinski definition) is 6. The number of alkyl halides is 3. The summed E-state index contributed by atoms with van der Waals surface area (Å²) >= 11 is 0. The van der Waals surface area contributed by atoms with E-state index in [1.807, 2.05) is 0 Å². The van der Waals surface area contributed by atoms with Gasteiger partial charge in [-0.25, -0.2) is 14.8 Å². The first-order valence-corrected chi connectivity index (χ1v) is 9.67. The number of aromatic nitrogens is 2. The Morgan fingerprint density at radius 1 is 1.07 bits per heavy atom. The predicted octanol–water partition coefficient (Wildman–Crippen LogP) is 4.84. The van der Waals surface area contributed by atoms with E-state index in [0.29, 0.717) is 18.0 Å². The topological polar surface area (TPSA) is 70.5 Å². The lowest BCUT2D eigenvalue weighted by molar-refractivity contribution is -0.215. The molecular weight excluding hydrogens is 401 g/mol. The summed E-state index contributed by atoms with van der Waals surface area (Å²) in [4.78, 5) is 20.1. The van der Waals surface area contributed by atoms with Crippen molar-refractivity contribution in [2.45, 2.75) is 44.9 Å². The lowest BCUT2D eigenvalue weighted by Crippen LogP contribution is -2.37. The standard InChI is InChI=1S/C21H25F3N2O4/c1-3-4-5-6-11-29-17-9-7-15(8-10-17)19-25-12-16(13-26-19)20(27)30-18(14-28-2)21(22,23)24/h7-10,12-13,18H,3-6,11,14H2,1-2H3. The van der Waals surface area contributed by atoms with Crippen LogP contribution in [0.1, 0.15) is 43.0 Å². The maximum absolute atomic E-state index is 12.8. The number of methoxy groups -OCH3 is 1. The molecule has 0 aliphatic rings. The fourth-order valence-corrected chi connectivity index (χ4v) is 2.55. The van der Waals surface area contributed by atoms with E-state index in [1.165, 1.54) is 12.8 Å². The van der Waals surface area contributed by atoms with E-state index in [1.54, 1.807) is 24.3 Å². The first-order chi connectivity index (χ1) is 14.3. The molecule has 0 spiro atoms. The highest BCUT2D eigenvalue weighted by molar-refractivity contribution is 5.89. The van der Waals surface area contributed by atoms with E-state index in [0.717, 1.165) is 38.1 Å². The first kappa shape index (κ1) is 23.6. The third-order valence-electron chi connectivity index (χ3n) is 4.20. The molecule has 0 amide bonds. The molecule has 30 heavy (non-hydrogen) atoms. The lowest BCUT2D eigenvalue weighted by atomic mass is 10.2. The third kappa shape index (κ3) is 7.29. The van der Waals surface area contributed by atoms with Crippen LogP contribution in [-0.4, -0.2) is 48.5 Å². The normalized spacial score (nSPS) is 12.4. The van der Waals surface area contributed by atoms with Crippen LogP contribution in [0.4, 0.5) is 13.2 Å². The number of carbonyl (C=O) groups is 1. The van der Waals surface area contributed by atoms with E-state index >= 15 is 0 Å². The van der Waals surface area contributed by atoms with Crippen LogP contribution in [0.3, 0.4) is 0 Å². The fourth-order valence-electron chi connectivity index (χ4n) is 2.55. The van der Waals surface area contributed by atoms with E-state index in [-0.39, 0.29) is 5.56 Å². The Labute approximate surface area is 173 Å². The minimum atomic E-state index is -4.73. The summed E-state index contributed by atoms with van der Waals surface area (Å²) in [6, 6.07) is 7.12. The molecule has 1 aromatic carbocycles. The van der Waals surface area contributed by atoms with Gasteiger partial charge in [0.05, 0.1) is 18.8 Å². The number of benzene rings is 1. The van der Waals surface area contributed by atoms with Crippen LogP contribution >= 0.6 is 0 Å². The number of hydrogen-bond donors (Lipinski definition) is 0. The molecule has 164 valence electrons. The zero-order valence-corrected chi connectivity index (χ0v) is 16.9. The van der Waals surface area contributed by atoms with Crippen LogP contribution in [0.5, 0.6) is 5.75 Å². The maximum atomic E-state index is 12.8. The molecule has 9 heteroatoms. The summed E-state index contributed by atoms with van der Waals surface area (Å²) in [7, 11) is 1.09. The molecule has 0 aliphatic carbocycles. The van der Waals surface area contributed by atoms with Crippen molar-refractivity contribution in [3.05, 3.63) is 42.2 Å². The molecule has 1 heterocycles. The summed E-state index contributed by atoms with van der Waals surface area (Å²) in [5, 5.41) is 0. The van der Waals surface area contributed by atoms with Gasteiger partial charge in [0.15, 0.2) is 5.82 Å². The van der Waals surface area contributed by atoms with Crippen molar-refractivity contribution in [2.75, 3.05) is 20.3 Å². The van der Waals surface area contributed by atoms with Gasteiger partial charge in [0.25, 0.3) is 0 Å². The maximum Gasteiger partial charge on any atom is 0.427 e. The Balaban J connectivity index is 1.95. The highest BCUT2D eigenvalue weighted by atomic mass is 19.4. The molecule has 1 unspecified atom stereocenters. The van der Waals surface area contributed by atoms with Gasteiger partial charge in [-0.05, 0) is 30.7 Å². The summed E-state index contributed by atoms with van der Waals surface area (Å²) < 4.78 is 53.1. The van der Waals surface area contributed by atoms with Gasteiger partial charge in [0.2, 0.25) is 6.10 Å². The number of ether oxygens (including phenoxy) is 3.